The minimum absolute atomic E-state index is 0.0503. The van der Waals surface area contributed by atoms with Crippen molar-refractivity contribution in [1.29, 1.82) is 0 Å². The number of hydrogen-bond acceptors (Lipinski definition) is 4. The molecule has 2 unspecified atom stereocenters. The maximum absolute atomic E-state index is 12.9. The molecule has 2 saturated heterocycles. The van der Waals surface area contributed by atoms with E-state index in [0.717, 1.165) is 26.1 Å². The van der Waals surface area contributed by atoms with Gasteiger partial charge in [-0.15, -0.1) is 0 Å². The van der Waals surface area contributed by atoms with Gasteiger partial charge in [-0.1, -0.05) is 30.3 Å². The van der Waals surface area contributed by atoms with Gasteiger partial charge in [-0.05, 0) is 25.8 Å². The van der Waals surface area contributed by atoms with Crippen molar-refractivity contribution in [3.05, 3.63) is 35.9 Å². The molecule has 1 aromatic carbocycles. The second-order valence-corrected chi connectivity index (χ2v) is 8.99. The van der Waals surface area contributed by atoms with Crippen molar-refractivity contribution in [2.45, 2.75) is 32.5 Å². The predicted molar refractivity (Wildman–Crippen MR) is 98.7 cm³/mol. The van der Waals surface area contributed by atoms with E-state index in [9.17, 15) is 8.42 Å². The quantitative estimate of drug-likeness (QED) is 0.785. The van der Waals surface area contributed by atoms with E-state index in [-0.39, 0.29) is 12.2 Å². The monoisotopic (exact) mass is 367 g/mol. The molecule has 2 atom stereocenters. The zero-order chi connectivity index (χ0) is 17.9. The molecule has 3 rings (SSSR count). The van der Waals surface area contributed by atoms with Crippen LogP contribution in [0.5, 0.6) is 0 Å². The number of rotatable bonds is 5. The first-order chi connectivity index (χ1) is 11.9. The number of benzene rings is 1. The Morgan fingerprint density at radius 1 is 0.960 bits per heavy atom. The Kier molecular flexibility index (Phi) is 6.12. The third-order valence-electron chi connectivity index (χ3n) is 4.93. The summed E-state index contributed by atoms with van der Waals surface area (Å²) in [5.74, 6) is 0. The van der Waals surface area contributed by atoms with Crippen LogP contribution in [0.3, 0.4) is 0 Å². The molecule has 6 nitrogen and oxygen atoms in total. The van der Waals surface area contributed by atoms with E-state index < -0.39 is 10.2 Å². The van der Waals surface area contributed by atoms with Gasteiger partial charge < -0.3 is 9.64 Å². The largest absolute Gasteiger partial charge is 0.373 e. The summed E-state index contributed by atoms with van der Waals surface area (Å²) in [6, 6.07) is 10.4. The van der Waals surface area contributed by atoms with Crippen molar-refractivity contribution in [2.24, 2.45) is 0 Å². The molecule has 2 fully saturated rings. The zero-order valence-electron chi connectivity index (χ0n) is 15.2. The van der Waals surface area contributed by atoms with Crippen molar-refractivity contribution in [1.82, 2.24) is 13.5 Å². The average molecular weight is 368 g/mol. The standard InChI is InChI=1S/C18H29N3O3S/c1-16-14-21(15-17(2)24-16)25(22,23)20-12-10-19(11-13-20)9-8-18-6-4-3-5-7-18/h3-7,16-17H,8-15H2,1-2H3. The topological polar surface area (TPSA) is 53.1 Å². The Morgan fingerprint density at radius 2 is 1.56 bits per heavy atom. The maximum Gasteiger partial charge on any atom is 0.282 e. The summed E-state index contributed by atoms with van der Waals surface area (Å²) in [5.41, 5.74) is 1.33. The van der Waals surface area contributed by atoms with Gasteiger partial charge in [-0.2, -0.15) is 17.0 Å². The van der Waals surface area contributed by atoms with Crippen molar-refractivity contribution in [3.63, 3.8) is 0 Å². The molecule has 0 spiro atoms. The molecule has 0 radical (unpaired) electrons. The van der Waals surface area contributed by atoms with Crippen LogP contribution in [0, 0.1) is 0 Å². The second kappa shape index (κ2) is 8.14. The summed E-state index contributed by atoms with van der Waals surface area (Å²) >= 11 is 0. The van der Waals surface area contributed by atoms with Gasteiger partial charge in [-0.25, -0.2) is 0 Å². The zero-order valence-corrected chi connectivity index (χ0v) is 16.0. The molecule has 0 aliphatic carbocycles. The molecule has 1 aromatic rings. The highest BCUT2D eigenvalue weighted by molar-refractivity contribution is 7.86. The van der Waals surface area contributed by atoms with E-state index in [1.807, 2.05) is 19.9 Å². The fraction of sp³-hybridized carbons (Fsp3) is 0.667. The smallest absolute Gasteiger partial charge is 0.282 e. The molecule has 25 heavy (non-hydrogen) atoms. The van der Waals surface area contributed by atoms with Crippen LogP contribution in [-0.2, 0) is 21.4 Å². The lowest BCUT2D eigenvalue weighted by Crippen LogP contribution is -2.57. The van der Waals surface area contributed by atoms with Crippen molar-refractivity contribution >= 4 is 10.2 Å². The minimum atomic E-state index is -3.38. The highest BCUT2D eigenvalue weighted by atomic mass is 32.2. The molecule has 2 heterocycles. The summed E-state index contributed by atoms with van der Waals surface area (Å²) in [6.07, 6.45) is 0.905. The van der Waals surface area contributed by atoms with Gasteiger partial charge in [0.25, 0.3) is 10.2 Å². The summed E-state index contributed by atoms with van der Waals surface area (Å²) in [7, 11) is -3.38. The molecule has 140 valence electrons. The summed E-state index contributed by atoms with van der Waals surface area (Å²) < 4.78 is 34.7. The minimum Gasteiger partial charge on any atom is -0.373 e. The lowest BCUT2D eigenvalue weighted by atomic mass is 10.1. The Balaban J connectivity index is 1.51. The molecule has 7 heteroatoms. The van der Waals surface area contributed by atoms with E-state index in [1.54, 1.807) is 8.61 Å². The Bertz CT molecular complexity index is 635. The van der Waals surface area contributed by atoms with Crippen molar-refractivity contribution in [2.75, 3.05) is 45.8 Å². The van der Waals surface area contributed by atoms with Crippen LogP contribution in [-0.4, -0.2) is 79.9 Å². The molecule has 2 aliphatic heterocycles. The summed E-state index contributed by atoms with van der Waals surface area (Å²) in [6.45, 7) is 8.45. The molecule has 0 amide bonds. The maximum atomic E-state index is 12.9. The van der Waals surface area contributed by atoms with E-state index in [1.165, 1.54) is 5.56 Å². The van der Waals surface area contributed by atoms with Gasteiger partial charge in [0.2, 0.25) is 0 Å². The van der Waals surface area contributed by atoms with Gasteiger partial charge in [-0.3, -0.25) is 0 Å². The van der Waals surface area contributed by atoms with E-state index >= 15 is 0 Å². The van der Waals surface area contributed by atoms with Crippen molar-refractivity contribution in [3.8, 4) is 0 Å². The van der Waals surface area contributed by atoms with Crippen LogP contribution in [0.4, 0.5) is 0 Å². The third kappa shape index (κ3) is 4.80. The van der Waals surface area contributed by atoms with Crippen molar-refractivity contribution < 1.29 is 13.2 Å². The van der Waals surface area contributed by atoms with Crippen LogP contribution in [0.1, 0.15) is 19.4 Å². The fourth-order valence-electron chi connectivity index (χ4n) is 3.60. The first-order valence-electron chi connectivity index (χ1n) is 9.12. The predicted octanol–water partition coefficient (Wildman–Crippen LogP) is 1.20. The van der Waals surface area contributed by atoms with Crippen LogP contribution in [0.15, 0.2) is 30.3 Å². The average Bonchev–Trinajstić information content (AvgIpc) is 2.60. The van der Waals surface area contributed by atoms with E-state index in [2.05, 4.69) is 29.2 Å². The highest BCUT2D eigenvalue weighted by Gasteiger charge is 2.36. The number of nitrogens with zero attached hydrogens (tertiary/aromatic N) is 3. The van der Waals surface area contributed by atoms with Gasteiger partial charge in [0.15, 0.2) is 0 Å². The third-order valence-corrected chi connectivity index (χ3v) is 6.90. The normalized spacial score (nSPS) is 27.4. The van der Waals surface area contributed by atoms with Crippen LogP contribution in [0.25, 0.3) is 0 Å². The van der Waals surface area contributed by atoms with Gasteiger partial charge in [0.05, 0.1) is 12.2 Å². The molecular formula is C18H29N3O3S. The van der Waals surface area contributed by atoms with E-state index in [0.29, 0.717) is 26.2 Å². The Morgan fingerprint density at radius 3 is 2.16 bits per heavy atom. The summed E-state index contributed by atoms with van der Waals surface area (Å²) in [4.78, 5) is 2.35. The molecule has 0 bridgehead atoms. The SMILES string of the molecule is CC1CN(S(=O)(=O)N2CCN(CCc3ccccc3)CC2)CC(C)O1. The Labute approximate surface area is 151 Å². The molecule has 0 aromatic heterocycles. The van der Waals surface area contributed by atoms with Gasteiger partial charge in [0, 0.05) is 45.8 Å². The number of morpholine rings is 1. The molecular weight excluding hydrogens is 338 g/mol. The Hall–Kier alpha value is -0.990. The molecule has 2 aliphatic rings. The van der Waals surface area contributed by atoms with Crippen LogP contribution < -0.4 is 0 Å². The lowest BCUT2D eigenvalue weighted by Gasteiger charge is -2.40. The molecule has 0 N–H and O–H groups in total. The lowest BCUT2D eigenvalue weighted by molar-refractivity contribution is -0.0457. The number of hydrogen-bond donors (Lipinski definition) is 0. The second-order valence-electron chi connectivity index (χ2n) is 7.06. The highest BCUT2D eigenvalue weighted by Crippen LogP contribution is 2.19. The summed E-state index contributed by atoms with van der Waals surface area (Å²) in [5, 5.41) is 0. The first-order valence-corrected chi connectivity index (χ1v) is 10.5. The van der Waals surface area contributed by atoms with E-state index in [4.69, 9.17) is 4.74 Å². The van der Waals surface area contributed by atoms with Gasteiger partial charge >= 0.3 is 0 Å². The number of ether oxygens (including phenoxy) is 1. The van der Waals surface area contributed by atoms with Crippen LogP contribution >= 0.6 is 0 Å². The number of piperazine rings is 1. The first kappa shape index (κ1) is 18.8. The van der Waals surface area contributed by atoms with Gasteiger partial charge in [0.1, 0.15) is 0 Å². The van der Waals surface area contributed by atoms with Crippen LogP contribution in [0.2, 0.25) is 0 Å². The fourth-order valence-corrected chi connectivity index (χ4v) is 5.35. The molecule has 0 saturated carbocycles.